The van der Waals surface area contributed by atoms with Crippen molar-refractivity contribution in [2.24, 2.45) is 0 Å². The van der Waals surface area contributed by atoms with Crippen molar-refractivity contribution < 1.29 is 0 Å². The summed E-state index contributed by atoms with van der Waals surface area (Å²) in [5, 5.41) is 0. The molecule has 0 aliphatic carbocycles. The summed E-state index contributed by atoms with van der Waals surface area (Å²) in [6.45, 7) is 6.70. The van der Waals surface area contributed by atoms with Crippen LogP contribution < -0.4 is 3.53 Å². The zero-order valence-electron chi connectivity index (χ0n) is 6.50. The van der Waals surface area contributed by atoms with E-state index in [4.69, 9.17) is 0 Å². The van der Waals surface area contributed by atoms with Crippen molar-refractivity contribution >= 4 is 22.9 Å². The van der Waals surface area contributed by atoms with Gasteiger partial charge in [-0.15, -0.1) is 0 Å². The van der Waals surface area contributed by atoms with Crippen LogP contribution in [0.3, 0.4) is 0 Å². The Morgan fingerprint density at radius 1 is 1.11 bits per heavy atom. The lowest BCUT2D eigenvalue weighted by atomic mass is 9.92. The molecule has 0 bridgehead atoms. The third-order valence-electron chi connectivity index (χ3n) is 2.23. The Labute approximate surface area is 72.1 Å². The van der Waals surface area contributed by atoms with Crippen molar-refractivity contribution in [3.63, 3.8) is 0 Å². The number of rotatable bonds is 4. The van der Waals surface area contributed by atoms with Gasteiger partial charge in [-0.25, -0.2) is 0 Å². The van der Waals surface area contributed by atoms with Crippen LogP contribution in [0.1, 0.15) is 40.0 Å². The minimum absolute atomic E-state index is 0.403. The van der Waals surface area contributed by atoms with Crippen LogP contribution in [0.5, 0.6) is 0 Å². The molecule has 0 aromatic heterocycles. The van der Waals surface area contributed by atoms with E-state index in [1.54, 1.807) is 0 Å². The molecule has 0 aliphatic heterocycles. The summed E-state index contributed by atoms with van der Waals surface area (Å²) in [5.41, 5.74) is 0.403. The molecule has 0 rings (SSSR count). The van der Waals surface area contributed by atoms with Gasteiger partial charge in [-0.05, 0) is 19.3 Å². The largest absolute Gasteiger partial charge is 0.255 e. The molecule has 2 heteroatoms. The van der Waals surface area contributed by atoms with E-state index in [1.807, 2.05) is 0 Å². The van der Waals surface area contributed by atoms with Crippen LogP contribution in [0.4, 0.5) is 0 Å². The number of nitrogens with one attached hydrogen (secondary N) is 1. The third kappa shape index (κ3) is 2.42. The van der Waals surface area contributed by atoms with Gasteiger partial charge in [0.2, 0.25) is 0 Å². The second kappa shape index (κ2) is 4.50. The van der Waals surface area contributed by atoms with E-state index in [1.165, 1.54) is 19.3 Å². The summed E-state index contributed by atoms with van der Waals surface area (Å²) in [6, 6.07) is 0. The van der Waals surface area contributed by atoms with Crippen molar-refractivity contribution in [2.75, 3.05) is 0 Å². The number of hydrogen-bond donors (Lipinski definition) is 1. The molecule has 0 aromatic rings. The average molecular weight is 241 g/mol. The van der Waals surface area contributed by atoms with Gasteiger partial charge in [0.25, 0.3) is 0 Å². The summed E-state index contributed by atoms with van der Waals surface area (Å²) in [5.74, 6) is 0. The van der Waals surface area contributed by atoms with Crippen LogP contribution in [0.15, 0.2) is 0 Å². The normalized spacial score (nSPS) is 12.0. The summed E-state index contributed by atoms with van der Waals surface area (Å²) in [6.07, 6.45) is 3.68. The molecule has 0 amide bonds. The molecule has 0 saturated carbocycles. The van der Waals surface area contributed by atoms with Gasteiger partial charge in [0.1, 0.15) is 0 Å². The predicted octanol–water partition coefficient (Wildman–Crippen LogP) is 2.89. The molecule has 0 spiro atoms. The van der Waals surface area contributed by atoms with E-state index in [0.717, 1.165) is 0 Å². The zero-order chi connectivity index (χ0) is 7.33. The fourth-order valence-electron chi connectivity index (χ4n) is 0.950. The van der Waals surface area contributed by atoms with E-state index in [-0.39, 0.29) is 0 Å². The highest BCUT2D eigenvalue weighted by molar-refractivity contribution is 14.1. The number of halogens is 1. The molecule has 0 saturated heterocycles. The van der Waals surface area contributed by atoms with Gasteiger partial charge >= 0.3 is 0 Å². The molecule has 0 unspecified atom stereocenters. The monoisotopic (exact) mass is 241 g/mol. The lowest BCUT2D eigenvalue weighted by Gasteiger charge is -2.28. The van der Waals surface area contributed by atoms with Gasteiger partial charge in [0.15, 0.2) is 0 Å². The minimum Gasteiger partial charge on any atom is -0.255 e. The first-order valence-electron chi connectivity index (χ1n) is 3.62. The van der Waals surface area contributed by atoms with E-state index >= 15 is 0 Å². The summed E-state index contributed by atoms with van der Waals surface area (Å²) < 4.78 is 3.33. The van der Waals surface area contributed by atoms with Gasteiger partial charge in [-0.3, -0.25) is 3.53 Å². The van der Waals surface area contributed by atoms with E-state index in [0.29, 0.717) is 5.54 Å². The Balaban J connectivity index is 3.82. The Hall–Kier alpha value is 0.690. The molecule has 0 aromatic carbocycles. The Morgan fingerprint density at radius 3 is 1.44 bits per heavy atom. The number of hydrogen-bond acceptors (Lipinski definition) is 1. The standard InChI is InChI=1S/C7H16IN/c1-4-7(5-2,6-3)9-8/h9H,4-6H2,1-3H3. The van der Waals surface area contributed by atoms with Crippen molar-refractivity contribution in [2.45, 2.75) is 45.6 Å². The second-order valence-corrected chi connectivity index (χ2v) is 2.97. The maximum atomic E-state index is 3.33. The molecular formula is C7H16IN. The van der Waals surface area contributed by atoms with Crippen LogP contribution in [-0.4, -0.2) is 5.54 Å². The average Bonchev–Trinajstić information content (AvgIpc) is 1.95. The fraction of sp³-hybridized carbons (Fsp3) is 1.00. The van der Waals surface area contributed by atoms with Crippen LogP contribution in [0, 0.1) is 0 Å². The molecule has 9 heavy (non-hydrogen) atoms. The van der Waals surface area contributed by atoms with Crippen LogP contribution in [0.25, 0.3) is 0 Å². The quantitative estimate of drug-likeness (QED) is 0.589. The smallest absolute Gasteiger partial charge is 0.0266 e. The van der Waals surface area contributed by atoms with Crippen molar-refractivity contribution in [1.29, 1.82) is 0 Å². The first-order chi connectivity index (χ1) is 4.24. The van der Waals surface area contributed by atoms with Crippen molar-refractivity contribution in [3.8, 4) is 0 Å². The highest BCUT2D eigenvalue weighted by atomic mass is 127. The van der Waals surface area contributed by atoms with Crippen molar-refractivity contribution in [1.82, 2.24) is 3.53 Å². The molecule has 0 aliphatic rings. The fourth-order valence-corrected chi connectivity index (χ4v) is 2.09. The van der Waals surface area contributed by atoms with Gasteiger partial charge in [-0.1, -0.05) is 20.8 Å². The summed E-state index contributed by atoms with van der Waals surface area (Å²) in [4.78, 5) is 0. The van der Waals surface area contributed by atoms with Crippen LogP contribution in [-0.2, 0) is 0 Å². The molecule has 0 fully saturated rings. The maximum Gasteiger partial charge on any atom is 0.0266 e. The third-order valence-corrected chi connectivity index (χ3v) is 3.37. The summed E-state index contributed by atoms with van der Waals surface area (Å²) >= 11 is 2.25. The van der Waals surface area contributed by atoms with E-state index < -0.39 is 0 Å². The lowest BCUT2D eigenvalue weighted by molar-refractivity contribution is 0.364. The predicted molar refractivity (Wildman–Crippen MR) is 50.8 cm³/mol. The molecule has 1 N–H and O–H groups in total. The van der Waals surface area contributed by atoms with E-state index in [2.05, 4.69) is 47.2 Å². The van der Waals surface area contributed by atoms with Crippen LogP contribution >= 0.6 is 22.9 Å². The molecule has 0 radical (unpaired) electrons. The molecule has 56 valence electrons. The highest BCUT2D eigenvalue weighted by Crippen LogP contribution is 2.19. The molecular weight excluding hydrogens is 225 g/mol. The van der Waals surface area contributed by atoms with E-state index in [9.17, 15) is 0 Å². The first kappa shape index (κ1) is 9.69. The second-order valence-electron chi connectivity index (χ2n) is 2.44. The first-order valence-corrected chi connectivity index (χ1v) is 4.70. The Kier molecular flexibility index (Phi) is 4.84. The van der Waals surface area contributed by atoms with Gasteiger partial charge in [0.05, 0.1) is 0 Å². The summed E-state index contributed by atoms with van der Waals surface area (Å²) in [7, 11) is 0. The highest BCUT2D eigenvalue weighted by Gasteiger charge is 2.20. The SMILES string of the molecule is CCC(CC)(CC)NI. The minimum atomic E-state index is 0.403. The van der Waals surface area contributed by atoms with Gasteiger partial charge < -0.3 is 0 Å². The zero-order valence-corrected chi connectivity index (χ0v) is 8.66. The van der Waals surface area contributed by atoms with Gasteiger partial charge in [0, 0.05) is 28.4 Å². The van der Waals surface area contributed by atoms with Crippen LogP contribution in [0.2, 0.25) is 0 Å². The Bertz CT molecular complexity index is 51.8. The lowest BCUT2D eigenvalue weighted by Crippen LogP contribution is -2.37. The Morgan fingerprint density at radius 2 is 1.44 bits per heavy atom. The molecule has 0 atom stereocenters. The van der Waals surface area contributed by atoms with Crippen molar-refractivity contribution in [3.05, 3.63) is 0 Å². The van der Waals surface area contributed by atoms with Gasteiger partial charge in [-0.2, -0.15) is 0 Å². The maximum absolute atomic E-state index is 3.33. The molecule has 1 nitrogen and oxygen atoms in total. The topological polar surface area (TPSA) is 12.0 Å². The molecule has 0 heterocycles.